The minimum absolute atomic E-state index is 0.00605. The Labute approximate surface area is 159 Å². The minimum Gasteiger partial charge on any atom is -0.496 e. The highest BCUT2D eigenvalue weighted by atomic mass is 19.1. The highest BCUT2D eigenvalue weighted by Crippen LogP contribution is 2.33. The number of ketones is 2. The zero-order valence-corrected chi connectivity index (χ0v) is 16.3. The van der Waals surface area contributed by atoms with Crippen molar-refractivity contribution in [1.82, 2.24) is 0 Å². The molecule has 0 radical (unpaired) electrons. The average Bonchev–Trinajstić information content (AvgIpc) is 2.56. The van der Waals surface area contributed by atoms with Gasteiger partial charge in [-0.1, -0.05) is 51.1 Å². The summed E-state index contributed by atoms with van der Waals surface area (Å²) in [5.41, 5.74) is 3.13. The third-order valence-corrected chi connectivity index (χ3v) is 5.02. The first-order valence-corrected chi connectivity index (χ1v) is 9.19. The van der Waals surface area contributed by atoms with Gasteiger partial charge in [-0.3, -0.25) is 9.59 Å². The van der Waals surface area contributed by atoms with Crippen LogP contribution in [0.15, 0.2) is 30.3 Å². The number of benzene rings is 2. The van der Waals surface area contributed by atoms with Crippen LogP contribution in [-0.4, -0.2) is 18.7 Å². The Morgan fingerprint density at radius 2 is 1.30 bits per heavy atom. The Bertz CT molecular complexity index is 847. The molecule has 0 amide bonds. The van der Waals surface area contributed by atoms with Crippen molar-refractivity contribution < 1.29 is 18.7 Å². The van der Waals surface area contributed by atoms with Crippen molar-refractivity contribution in [2.24, 2.45) is 0 Å². The van der Waals surface area contributed by atoms with Crippen molar-refractivity contribution in [1.29, 1.82) is 0 Å². The van der Waals surface area contributed by atoms with E-state index in [0.29, 0.717) is 16.9 Å². The summed E-state index contributed by atoms with van der Waals surface area (Å²) in [5, 5.41) is 0. The molecule has 0 spiro atoms. The molecule has 1 aliphatic carbocycles. The van der Waals surface area contributed by atoms with E-state index in [1.807, 2.05) is 12.1 Å². The number of carbonyl (C=O) groups is 2. The van der Waals surface area contributed by atoms with Gasteiger partial charge in [0.2, 0.25) is 0 Å². The fourth-order valence-corrected chi connectivity index (χ4v) is 3.59. The van der Waals surface area contributed by atoms with Crippen molar-refractivity contribution in [2.45, 2.75) is 51.9 Å². The zero-order valence-electron chi connectivity index (χ0n) is 16.3. The van der Waals surface area contributed by atoms with Gasteiger partial charge in [-0.25, -0.2) is 4.39 Å². The van der Waals surface area contributed by atoms with Crippen LogP contribution in [-0.2, 0) is 40.7 Å². The zero-order chi connectivity index (χ0) is 19.8. The van der Waals surface area contributed by atoms with E-state index >= 15 is 0 Å². The van der Waals surface area contributed by atoms with Gasteiger partial charge in [-0.05, 0) is 22.1 Å². The van der Waals surface area contributed by atoms with E-state index in [1.165, 1.54) is 0 Å². The lowest BCUT2D eigenvalue weighted by molar-refractivity contribution is -0.118. The van der Waals surface area contributed by atoms with Crippen LogP contribution < -0.4 is 4.74 Å². The second-order valence-corrected chi connectivity index (χ2v) is 8.25. The molecule has 4 bridgehead atoms. The van der Waals surface area contributed by atoms with Crippen LogP contribution in [0.5, 0.6) is 5.75 Å². The quantitative estimate of drug-likeness (QED) is 0.759. The Morgan fingerprint density at radius 1 is 0.852 bits per heavy atom. The summed E-state index contributed by atoms with van der Waals surface area (Å²) in [7, 11) is 1.56. The van der Waals surface area contributed by atoms with Crippen LogP contribution in [0.25, 0.3) is 0 Å². The van der Waals surface area contributed by atoms with Crippen LogP contribution >= 0.6 is 0 Å². The van der Waals surface area contributed by atoms with Crippen molar-refractivity contribution >= 4 is 11.6 Å². The molecule has 3 rings (SSSR count). The van der Waals surface area contributed by atoms with Crippen LogP contribution in [0.4, 0.5) is 4.39 Å². The van der Waals surface area contributed by atoms with E-state index in [4.69, 9.17) is 4.74 Å². The van der Waals surface area contributed by atoms with Gasteiger partial charge in [-0.15, -0.1) is 0 Å². The number of halogens is 1. The molecule has 142 valence electrons. The van der Waals surface area contributed by atoms with Gasteiger partial charge < -0.3 is 4.74 Å². The molecule has 3 nitrogen and oxygen atoms in total. The van der Waals surface area contributed by atoms with Gasteiger partial charge in [0.15, 0.2) is 0 Å². The number of hydrogen-bond donors (Lipinski definition) is 0. The van der Waals surface area contributed by atoms with Gasteiger partial charge in [0.25, 0.3) is 0 Å². The van der Waals surface area contributed by atoms with Crippen molar-refractivity contribution in [3.8, 4) is 5.75 Å². The van der Waals surface area contributed by atoms with E-state index in [9.17, 15) is 14.0 Å². The summed E-state index contributed by atoms with van der Waals surface area (Å²) in [6, 6.07) is 8.88. The molecule has 0 atom stereocenters. The fraction of sp³-hybridized carbons (Fsp3) is 0.391. The molecule has 0 unspecified atom stereocenters. The van der Waals surface area contributed by atoms with Crippen LogP contribution in [0.2, 0.25) is 0 Å². The molecule has 0 N–H and O–H groups in total. The predicted octanol–water partition coefficient (Wildman–Crippen LogP) is 4.15. The molecular formula is C23H25FO3. The van der Waals surface area contributed by atoms with Gasteiger partial charge >= 0.3 is 0 Å². The van der Waals surface area contributed by atoms with Crippen LogP contribution in [0.1, 0.15) is 48.6 Å². The average molecular weight is 368 g/mol. The summed E-state index contributed by atoms with van der Waals surface area (Å²) in [4.78, 5) is 25.3. The van der Waals surface area contributed by atoms with Crippen LogP contribution in [0, 0.1) is 5.82 Å². The molecule has 2 aromatic carbocycles. The molecule has 1 aliphatic rings. The summed E-state index contributed by atoms with van der Waals surface area (Å²) < 4.78 is 20.3. The van der Waals surface area contributed by atoms with E-state index in [1.54, 1.807) is 25.3 Å². The first-order chi connectivity index (χ1) is 12.7. The smallest absolute Gasteiger partial charge is 0.141 e. The van der Waals surface area contributed by atoms with Gasteiger partial charge in [0.05, 0.1) is 7.11 Å². The molecule has 0 fully saturated rings. The second-order valence-electron chi connectivity index (χ2n) is 8.25. The number of ether oxygens (including phenoxy) is 1. The number of fused-ring (bicyclic) bond motifs is 4. The number of hydrogen-bond acceptors (Lipinski definition) is 3. The monoisotopic (exact) mass is 368 g/mol. The Hall–Kier alpha value is -2.49. The molecule has 0 saturated carbocycles. The molecule has 0 heterocycles. The second kappa shape index (κ2) is 7.26. The van der Waals surface area contributed by atoms with E-state index in [0.717, 1.165) is 16.7 Å². The van der Waals surface area contributed by atoms with Gasteiger partial charge in [0, 0.05) is 36.8 Å². The van der Waals surface area contributed by atoms with E-state index in [-0.39, 0.29) is 42.7 Å². The summed E-state index contributed by atoms with van der Waals surface area (Å²) >= 11 is 0. The molecule has 4 heteroatoms. The lowest BCUT2D eigenvalue weighted by Gasteiger charge is -2.24. The number of carbonyl (C=O) groups excluding carboxylic acids is 2. The Balaban J connectivity index is 2.15. The maximum absolute atomic E-state index is 14.7. The third-order valence-electron chi connectivity index (χ3n) is 5.02. The van der Waals surface area contributed by atoms with Gasteiger partial charge in [-0.2, -0.15) is 0 Å². The highest BCUT2D eigenvalue weighted by molar-refractivity contribution is 5.87. The van der Waals surface area contributed by atoms with Crippen molar-refractivity contribution in [3.05, 3.63) is 64.0 Å². The number of rotatable bonds is 1. The normalized spacial score (nSPS) is 15.1. The molecule has 0 aliphatic heterocycles. The molecule has 27 heavy (non-hydrogen) atoms. The summed E-state index contributed by atoms with van der Waals surface area (Å²) in [6.45, 7) is 6.28. The standard InChI is InChI=1S/C23H25FO3/c1-23(2,3)18-8-16-12-19(25)10-14-6-5-7-15(21(14)24)11-20(26)13-17(9-18)22(16)27-4/h5-9H,10-13H2,1-4H3. The lowest BCUT2D eigenvalue weighted by atomic mass is 9.82. The predicted molar refractivity (Wildman–Crippen MR) is 103 cm³/mol. The SMILES string of the molecule is COc1c2cc(C(C)(C)C)cc1CC(=O)Cc1cccc(c1F)CC(=O)C2. The topological polar surface area (TPSA) is 43.4 Å². The fourth-order valence-electron chi connectivity index (χ4n) is 3.59. The van der Waals surface area contributed by atoms with Crippen molar-refractivity contribution in [2.75, 3.05) is 7.11 Å². The maximum atomic E-state index is 14.7. The first-order valence-electron chi connectivity index (χ1n) is 9.19. The molecule has 2 aromatic rings. The Kier molecular flexibility index (Phi) is 5.18. The molecule has 0 saturated heterocycles. The van der Waals surface area contributed by atoms with E-state index < -0.39 is 5.82 Å². The largest absolute Gasteiger partial charge is 0.496 e. The van der Waals surface area contributed by atoms with Gasteiger partial charge in [0.1, 0.15) is 23.1 Å². The lowest BCUT2D eigenvalue weighted by Crippen LogP contribution is -2.18. The van der Waals surface area contributed by atoms with E-state index in [2.05, 4.69) is 20.8 Å². The maximum Gasteiger partial charge on any atom is 0.141 e. The number of Topliss-reactive ketones (excluding diaryl/α,β-unsaturated/α-hetero) is 2. The third kappa shape index (κ3) is 4.10. The summed E-state index contributed by atoms with van der Waals surface area (Å²) in [5.74, 6) is 0.00158. The number of methoxy groups -OCH3 is 1. The molecule has 0 aromatic heterocycles. The highest BCUT2D eigenvalue weighted by Gasteiger charge is 2.24. The minimum atomic E-state index is -0.439. The van der Waals surface area contributed by atoms with Crippen molar-refractivity contribution in [3.63, 3.8) is 0 Å². The first kappa shape index (κ1) is 19.3. The van der Waals surface area contributed by atoms with Crippen LogP contribution in [0.3, 0.4) is 0 Å². The Morgan fingerprint density at radius 3 is 1.70 bits per heavy atom. The summed E-state index contributed by atoms with van der Waals surface area (Å²) in [6.07, 6.45) is 0.314. The molecular weight excluding hydrogens is 343 g/mol.